The van der Waals surface area contributed by atoms with E-state index in [4.69, 9.17) is 10.00 Å². The molecular formula is C14H9BrN2O3. The predicted molar refractivity (Wildman–Crippen MR) is 76.8 cm³/mol. The van der Waals surface area contributed by atoms with Crippen molar-refractivity contribution in [2.45, 2.75) is 6.92 Å². The molecule has 2 aromatic carbocycles. The molecule has 0 unspecified atom stereocenters. The van der Waals surface area contributed by atoms with Gasteiger partial charge in [0.2, 0.25) is 0 Å². The number of nitro groups is 1. The summed E-state index contributed by atoms with van der Waals surface area (Å²) in [5, 5.41) is 20.0. The highest BCUT2D eigenvalue weighted by molar-refractivity contribution is 9.10. The molecule has 0 saturated carbocycles. The molecule has 2 rings (SSSR count). The first-order valence-electron chi connectivity index (χ1n) is 5.65. The van der Waals surface area contributed by atoms with E-state index in [1.54, 1.807) is 31.2 Å². The monoisotopic (exact) mass is 332 g/mol. The molecular weight excluding hydrogens is 324 g/mol. The van der Waals surface area contributed by atoms with Gasteiger partial charge in [0.15, 0.2) is 0 Å². The Hall–Kier alpha value is -2.39. The molecule has 0 heterocycles. The number of para-hydroxylation sites is 1. The van der Waals surface area contributed by atoms with Gasteiger partial charge in [0.25, 0.3) is 5.69 Å². The summed E-state index contributed by atoms with van der Waals surface area (Å²) in [6.45, 7) is 1.81. The summed E-state index contributed by atoms with van der Waals surface area (Å²) in [5.41, 5.74) is 1.07. The van der Waals surface area contributed by atoms with E-state index >= 15 is 0 Å². The Morgan fingerprint density at radius 2 is 2.00 bits per heavy atom. The second-order valence-electron chi connectivity index (χ2n) is 4.01. The zero-order chi connectivity index (χ0) is 14.7. The van der Waals surface area contributed by atoms with Crippen LogP contribution < -0.4 is 4.74 Å². The molecule has 0 saturated heterocycles. The van der Waals surface area contributed by atoms with Crippen molar-refractivity contribution < 1.29 is 9.66 Å². The van der Waals surface area contributed by atoms with Crippen molar-refractivity contribution in [3.8, 4) is 17.6 Å². The molecule has 0 atom stereocenters. The maximum atomic E-state index is 10.9. The number of nitriles is 1. The molecule has 0 aliphatic heterocycles. The zero-order valence-corrected chi connectivity index (χ0v) is 12.0. The maximum absolute atomic E-state index is 10.9. The summed E-state index contributed by atoms with van der Waals surface area (Å²) in [6.07, 6.45) is 0. The Balaban J connectivity index is 2.49. The predicted octanol–water partition coefficient (Wildman–Crippen LogP) is 4.33. The molecule has 0 aliphatic carbocycles. The molecule has 100 valence electrons. The molecule has 0 N–H and O–H groups in total. The lowest BCUT2D eigenvalue weighted by molar-refractivity contribution is -0.385. The summed E-state index contributed by atoms with van der Waals surface area (Å²) in [6, 6.07) is 11.7. The number of hydrogen-bond donors (Lipinski definition) is 0. The second kappa shape index (κ2) is 5.72. The van der Waals surface area contributed by atoms with Crippen LogP contribution in [0.4, 0.5) is 5.69 Å². The van der Waals surface area contributed by atoms with E-state index in [2.05, 4.69) is 15.9 Å². The minimum Gasteiger partial charge on any atom is -0.454 e. The van der Waals surface area contributed by atoms with Crippen LogP contribution in [-0.4, -0.2) is 4.92 Å². The SMILES string of the molecule is Cc1cccc(C#N)c1Oc1cccc([N+](=O)[O-])c1Br. The molecule has 0 amide bonds. The van der Waals surface area contributed by atoms with Crippen molar-refractivity contribution in [2.24, 2.45) is 0 Å². The third kappa shape index (κ3) is 2.63. The summed E-state index contributed by atoms with van der Waals surface area (Å²) >= 11 is 3.16. The van der Waals surface area contributed by atoms with Crippen LogP contribution in [0.25, 0.3) is 0 Å². The van der Waals surface area contributed by atoms with Gasteiger partial charge < -0.3 is 4.74 Å². The average Bonchev–Trinajstić information content (AvgIpc) is 2.42. The van der Waals surface area contributed by atoms with Gasteiger partial charge in [-0.15, -0.1) is 0 Å². The van der Waals surface area contributed by atoms with Gasteiger partial charge in [-0.3, -0.25) is 10.1 Å². The Labute approximate surface area is 123 Å². The smallest absolute Gasteiger partial charge is 0.287 e. The van der Waals surface area contributed by atoms with Gasteiger partial charge in [-0.25, -0.2) is 0 Å². The van der Waals surface area contributed by atoms with Crippen molar-refractivity contribution in [1.82, 2.24) is 0 Å². The first kappa shape index (κ1) is 14.0. The van der Waals surface area contributed by atoms with Crippen molar-refractivity contribution in [3.63, 3.8) is 0 Å². The largest absolute Gasteiger partial charge is 0.454 e. The number of ether oxygens (including phenoxy) is 1. The van der Waals surface area contributed by atoms with Crippen LogP contribution in [0.5, 0.6) is 11.5 Å². The molecule has 0 radical (unpaired) electrons. The van der Waals surface area contributed by atoms with E-state index in [1.165, 1.54) is 12.1 Å². The number of hydrogen-bond acceptors (Lipinski definition) is 4. The van der Waals surface area contributed by atoms with Gasteiger partial charge >= 0.3 is 0 Å². The number of nitro benzene ring substituents is 1. The van der Waals surface area contributed by atoms with E-state index in [1.807, 2.05) is 6.07 Å². The van der Waals surface area contributed by atoms with Gasteiger partial charge in [-0.05, 0) is 40.5 Å². The molecule has 6 heteroatoms. The summed E-state index contributed by atoms with van der Waals surface area (Å²) in [5.74, 6) is 0.696. The second-order valence-corrected chi connectivity index (χ2v) is 4.80. The fourth-order valence-electron chi connectivity index (χ4n) is 1.70. The first-order valence-corrected chi connectivity index (χ1v) is 6.44. The van der Waals surface area contributed by atoms with Crippen LogP contribution in [0.1, 0.15) is 11.1 Å². The van der Waals surface area contributed by atoms with Crippen LogP contribution in [0, 0.1) is 28.4 Å². The lowest BCUT2D eigenvalue weighted by atomic mass is 10.1. The van der Waals surface area contributed by atoms with Crippen LogP contribution >= 0.6 is 15.9 Å². The minimum absolute atomic E-state index is 0.0883. The Morgan fingerprint density at radius 3 is 2.65 bits per heavy atom. The molecule has 0 fully saturated rings. The van der Waals surface area contributed by atoms with Crippen molar-refractivity contribution >= 4 is 21.6 Å². The van der Waals surface area contributed by atoms with Crippen LogP contribution in [-0.2, 0) is 0 Å². The molecule has 0 bridgehead atoms. The van der Waals surface area contributed by atoms with E-state index in [9.17, 15) is 10.1 Å². The van der Waals surface area contributed by atoms with Gasteiger partial charge in [-0.2, -0.15) is 5.26 Å². The number of halogens is 1. The number of nitrogens with zero attached hydrogens (tertiary/aromatic N) is 2. The Kier molecular flexibility index (Phi) is 4.01. The zero-order valence-electron chi connectivity index (χ0n) is 10.5. The maximum Gasteiger partial charge on any atom is 0.287 e. The summed E-state index contributed by atoms with van der Waals surface area (Å²) in [7, 11) is 0. The normalized spacial score (nSPS) is 9.85. The van der Waals surface area contributed by atoms with Gasteiger partial charge in [-0.1, -0.05) is 18.2 Å². The molecule has 5 nitrogen and oxygen atoms in total. The number of aryl methyl sites for hydroxylation is 1. The van der Waals surface area contributed by atoms with E-state index in [-0.39, 0.29) is 10.2 Å². The Bertz CT molecular complexity index is 723. The molecule has 20 heavy (non-hydrogen) atoms. The highest BCUT2D eigenvalue weighted by Gasteiger charge is 2.18. The quantitative estimate of drug-likeness (QED) is 0.619. The molecule has 0 spiro atoms. The summed E-state index contributed by atoms with van der Waals surface area (Å²) < 4.78 is 5.93. The van der Waals surface area contributed by atoms with Gasteiger partial charge in [0.1, 0.15) is 22.0 Å². The molecule has 2 aromatic rings. The standard InChI is InChI=1S/C14H9BrN2O3/c1-9-4-2-5-10(8-16)14(9)20-12-7-3-6-11(13(12)15)17(18)19/h2-7H,1H3. The van der Waals surface area contributed by atoms with Crippen LogP contribution in [0.3, 0.4) is 0 Å². The highest BCUT2D eigenvalue weighted by atomic mass is 79.9. The summed E-state index contributed by atoms with van der Waals surface area (Å²) in [4.78, 5) is 10.4. The van der Waals surface area contributed by atoms with Crippen molar-refractivity contribution in [1.29, 1.82) is 5.26 Å². The lowest BCUT2D eigenvalue weighted by Gasteiger charge is -2.11. The van der Waals surface area contributed by atoms with E-state index in [0.29, 0.717) is 17.1 Å². The van der Waals surface area contributed by atoms with Crippen molar-refractivity contribution in [2.75, 3.05) is 0 Å². The fraction of sp³-hybridized carbons (Fsp3) is 0.0714. The lowest BCUT2D eigenvalue weighted by Crippen LogP contribution is -1.95. The van der Waals surface area contributed by atoms with Crippen LogP contribution in [0.15, 0.2) is 40.9 Å². The fourth-order valence-corrected chi connectivity index (χ4v) is 2.20. The van der Waals surface area contributed by atoms with E-state index < -0.39 is 4.92 Å². The van der Waals surface area contributed by atoms with Crippen LogP contribution in [0.2, 0.25) is 0 Å². The third-order valence-electron chi connectivity index (χ3n) is 2.68. The van der Waals surface area contributed by atoms with E-state index in [0.717, 1.165) is 5.56 Å². The number of benzene rings is 2. The first-order chi connectivity index (χ1) is 9.54. The average molecular weight is 333 g/mol. The third-order valence-corrected chi connectivity index (χ3v) is 3.48. The van der Waals surface area contributed by atoms with Crippen molar-refractivity contribution in [3.05, 3.63) is 62.1 Å². The number of rotatable bonds is 3. The minimum atomic E-state index is -0.500. The van der Waals surface area contributed by atoms with Gasteiger partial charge in [0.05, 0.1) is 10.5 Å². The highest BCUT2D eigenvalue weighted by Crippen LogP contribution is 2.38. The molecule has 0 aliphatic rings. The Morgan fingerprint density at radius 1 is 1.30 bits per heavy atom. The van der Waals surface area contributed by atoms with Gasteiger partial charge in [0, 0.05) is 6.07 Å². The molecule has 0 aromatic heterocycles. The topological polar surface area (TPSA) is 76.2 Å².